The lowest BCUT2D eigenvalue weighted by molar-refractivity contribution is -0.140. The first kappa shape index (κ1) is 14.0. The number of aliphatic carboxylic acids is 1. The molecule has 0 bridgehead atoms. The third kappa shape index (κ3) is 3.45. The van der Waals surface area contributed by atoms with Crippen LogP contribution in [0.4, 0.5) is 4.79 Å². The third-order valence-corrected chi connectivity index (χ3v) is 2.42. The van der Waals surface area contributed by atoms with Gasteiger partial charge >= 0.3 is 12.0 Å². The van der Waals surface area contributed by atoms with Crippen LogP contribution >= 0.6 is 0 Å². The fraction of sp³-hybridized carbons (Fsp3) is 0.500. The minimum absolute atomic E-state index is 0.243. The summed E-state index contributed by atoms with van der Waals surface area (Å²) in [5, 5.41) is 19.7. The van der Waals surface area contributed by atoms with Gasteiger partial charge in [0.15, 0.2) is 6.04 Å². The second-order valence-corrected chi connectivity index (χ2v) is 3.83. The number of rotatable bonds is 5. The number of hydrogen-bond donors (Lipinski definition) is 3. The number of urea groups is 1. The number of aliphatic hydroxyl groups excluding tert-OH is 1. The van der Waals surface area contributed by atoms with E-state index >= 15 is 0 Å². The summed E-state index contributed by atoms with van der Waals surface area (Å²) >= 11 is 0. The normalized spacial score (nSPS) is 11.9. The first-order chi connectivity index (χ1) is 8.45. The van der Waals surface area contributed by atoms with Gasteiger partial charge in [-0.25, -0.2) is 14.6 Å². The van der Waals surface area contributed by atoms with Crippen LogP contribution in [-0.4, -0.2) is 56.4 Å². The van der Waals surface area contributed by atoms with E-state index in [1.54, 1.807) is 24.0 Å². The number of amides is 2. The van der Waals surface area contributed by atoms with Crippen molar-refractivity contribution < 1.29 is 19.8 Å². The molecule has 0 fully saturated rings. The van der Waals surface area contributed by atoms with Crippen molar-refractivity contribution in [2.75, 3.05) is 13.7 Å². The van der Waals surface area contributed by atoms with Crippen LogP contribution < -0.4 is 5.32 Å². The molecule has 0 aromatic carbocycles. The Labute approximate surface area is 104 Å². The maximum atomic E-state index is 11.7. The summed E-state index contributed by atoms with van der Waals surface area (Å²) in [4.78, 5) is 27.6. The molecule has 8 heteroatoms. The Morgan fingerprint density at radius 2 is 2.28 bits per heavy atom. The number of carboxylic acids is 1. The van der Waals surface area contributed by atoms with Crippen molar-refractivity contribution in [2.45, 2.75) is 12.6 Å². The predicted octanol–water partition coefficient (Wildman–Crippen LogP) is -0.993. The number of aromatic nitrogens is 2. The number of aliphatic hydroxyl groups is 1. The van der Waals surface area contributed by atoms with Crippen LogP contribution in [0.25, 0.3) is 0 Å². The first-order valence-corrected chi connectivity index (χ1v) is 5.27. The van der Waals surface area contributed by atoms with Gasteiger partial charge in [-0.15, -0.1) is 0 Å². The Bertz CT molecular complexity index is 431. The SMILES string of the molecule is CN(Cc1nccn1C)C(=O)N[C@H](CO)C(=O)O. The Balaban J connectivity index is 2.56. The molecule has 1 heterocycles. The molecule has 1 aromatic heterocycles. The summed E-state index contributed by atoms with van der Waals surface area (Å²) in [7, 11) is 3.31. The number of aryl methyl sites for hydroxylation is 1. The number of nitrogens with one attached hydrogen (secondary N) is 1. The highest BCUT2D eigenvalue weighted by molar-refractivity contribution is 5.82. The van der Waals surface area contributed by atoms with Gasteiger partial charge < -0.3 is 25.0 Å². The lowest BCUT2D eigenvalue weighted by Gasteiger charge is -2.20. The number of imidazole rings is 1. The number of hydrogen-bond acceptors (Lipinski definition) is 4. The Kier molecular flexibility index (Phi) is 4.67. The van der Waals surface area contributed by atoms with Gasteiger partial charge in [0.25, 0.3) is 0 Å². The average molecular weight is 256 g/mol. The van der Waals surface area contributed by atoms with Crippen LogP contribution in [0.5, 0.6) is 0 Å². The molecule has 1 aromatic rings. The molecule has 1 rings (SSSR count). The Morgan fingerprint density at radius 1 is 1.61 bits per heavy atom. The summed E-state index contributed by atoms with van der Waals surface area (Å²) < 4.78 is 1.75. The zero-order valence-electron chi connectivity index (χ0n) is 10.2. The molecule has 2 amide bonds. The maximum absolute atomic E-state index is 11.7. The highest BCUT2D eigenvalue weighted by atomic mass is 16.4. The lowest BCUT2D eigenvalue weighted by Crippen LogP contribution is -2.48. The van der Waals surface area contributed by atoms with Crippen molar-refractivity contribution in [3.05, 3.63) is 18.2 Å². The summed E-state index contributed by atoms with van der Waals surface area (Å²) in [6.07, 6.45) is 3.35. The molecule has 0 aliphatic carbocycles. The Morgan fingerprint density at radius 3 is 2.72 bits per heavy atom. The van der Waals surface area contributed by atoms with Crippen molar-refractivity contribution in [3.8, 4) is 0 Å². The molecule has 1 atom stereocenters. The van der Waals surface area contributed by atoms with Crippen LogP contribution in [0.2, 0.25) is 0 Å². The summed E-state index contributed by atoms with van der Waals surface area (Å²) in [6.45, 7) is -0.412. The van der Waals surface area contributed by atoms with Gasteiger partial charge in [-0.2, -0.15) is 0 Å². The molecule has 0 radical (unpaired) electrons. The second-order valence-electron chi connectivity index (χ2n) is 3.83. The van der Waals surface area contributed by atoms with Gasteiger partial charge in [-0.3, -0.25) is 0 Å². The van der Waals surface area contributed by atoms with Gasteiger partial charge in [0, 0.05) is 26.5 Å². The quantitative estimate of drug-likeness (QED) is 0.626. The van der Waals surface area contributed by atoms with Crippen LogP contribution in [-0.2, 0) is 18.4 Å². The van der Waals surface area contributed by atoms with E-state index in [9.17, 15) is 9.59 Å². The van der Waals surface area contributed by atoms with Gasteiger partial charge in [0.05, 0.1) is 13.2 Å². The summed E-state index contributed by atoms with van der Waals surface area (Å²) in [5.41, 5.74) is 0. The molecule has 3 N–H and O–H groups in total. The Hall–Kier alpha value is -2.09. The number of nitrogens with zero attached hydrogens (tertiary/aromatic N) is 3. The van der Waals surface area contributed by atoms with Crippen LogP contribution in [0.15, 0.2) is 12.4 Å². The highest BCUT2D eigenvalue weighted by Crippen LogP contribution is 2.00. The van der Waals surface area contributed by atoms with Gasteiger partial charge in [0.2, 0.25) is 0 Å². The summed E-state index contributed by atoms with van der Waals surface area (Å²) in [6, 6.07) is -1.89. The van der Waals surface area contributed by atoms with E-state index in [4.69, 9.17) is 10.2 Å². The predicted molar refractivity (Wildman–Crippen MR) is 61.7 cm³/mol. The van der Waals surface area contributed by atoms with Crippen molar-refractivity contribution >= 4 is 12.0 Å². The van der Waals surface area contributed by atoms with Crippen molar-refractivity contribution in [2.24, 2.45) is 7.05 Å². The molecule has 8 nitrogen and oxygen atoms in total. The lowest BCUT2D eigenvalue weighted by atomic mass is 10.3. The molecule has 0 saturated heterocycles. The van der Waals surface area contributed by atoms with Crippen molar-refractivity contribution in [1.29, 1.82) is 0 Å². The van der Waals surface area contributed by atoms with Crippen LogP contribution in [0.3, 0.4) is 0 Å². The molecular formula is C10H16N4O4. The largest absolute Gasteiger partial charge is 0.480 e. The van der Waals surface area contributed by atoms with Gasteiger partial charge in [0.1, 0.15) is 5.82 Å². The molecule has 0 saturated carbocycles. The molecule has 0 unspecified atom stereocenters. The van der Waals surface area contributed by atoms with E-state index in [0.29, 0.717) is 5.82 Å². The van der Waals surface area contributed by atoms with Crippen LogP contribution in [0.1, 0.15) is 5.82 Å². The average Bonchev–Trinajstić information content (AvgIpc) is 2.71. The van der Waals surface area contributed by atoms with E-state index in [-0.39, 0.29) is 6.54 Å². The smallest absolute Gasteiger partial charge is 0.328 e. The maximum Gasteiger partial charge on any atom is 0.328 e. The molecular weight excluding hydrogens is 240 g/mol. The van der Waals surface area contributed by atoms with Crippen LogP contribution in [0, 0.1) is 0 Å². The monoisotopic (exact) mass is 256 g/mol. The highest BCUT2D eigenvalue weighted by Gasteiger charge is 2.21. The van der Waals surface area contributed by atoms with E-state index < -0.39 is 24.6 Å². The van der Waals surface area contributed by atoms with E-state index in [1.807, 2.05) is 0 Å². The second kappa shape index (κ2) is 6.01. The summed E-state index contributed by atoms with van der Waals surface area (Å²) in [5.74, 6) is -0.611. The topological polar surface area (TPSA) is 108 Å². The van der Waals surface area contributed by atoms with Crippen molar-refractivity contribution in [3.63, 3.8) is 0 Å². The first-order valence-electron chi connectivity index (χ1n) is 5.27. The molecule has 18 heavy (non-hydrogen) atoms. The zero-order chi connectivity index (χ0) is 13.7. The van der Waals surface area contributed by atoms with Gasteiger partial charge in [-0.1, -0.05) is 0 Å². The van der Waals surface area contributed by atoms with E-state index in [1.165, 1.54) is 11.9 Å². The molecule has 0 spiro atoms. The minimum Gasteiger partial charge on any atom is -0.480 e. The molecule has 0 aliphatic heterocycles. The third-order valence-electron chi connectivity index (χ3n) is 2.42. The number of carboxylic acid groups (broad SMARTS) is 1. The van der Waals surface area contributed by atoms with E-state index in [2.05, 4.69) is 10.3 Å². The standard InChI is InChI=1S/C10H16N4O4/c1-13-4-3-11-8(13)5-14(2)10(18)12-7(6-15)9(16)17/h3-4,7,15H,5-6H2,1-2H3,(H,12,18)(H,16,17)/t7-/m1/s1. The fourth-order valence-electron chi connectivity index (χ4n) is 1.28. The van der Waals surface area contributed by atoms with Gasteiger partial charge in [-0.05, 0) is 0 Å². The number of carbonyl (C=O) groups excluding carboxylic acids is 1. The van der Waals surface area contributed by atoms with E-state index in [0.717, 1.165) is 0 Å². The molecule has 100 valence electrons. The fourth-order valence-corrected chi connectivity index (χ4v) is 1.28. The minimum atomic E-state index is -1.30. The van der Waals surface area contributed by atoms with Crippen molar-refractivity contribution in [1.82, 2.24) is 19.8 Å². The number of carbonyl (C=O) groups is 2. The zero-order valence-corrected chi connectivity index (χ0v) is 10.2. The molecule has 0 aliphatic rings.